The number of hydrogen-bond donors (Lipinski definition) is 2. The van der Waals surface area contributed by atoms with E-state index in [1.165, 1.54) is 27.8 Å². The summed E-state index contributed by atoms with van der Waals surface area (Å²) in [7, 11) is 0. The molecule has 2 N–H and O–H groups in total. The molecule has 0 spiro atoms. The maximum atomic E-state index is 12.6. The average Bonchev–Trinajstić information content (AvgIpc) is 3.08. The van der Waals surface area contributed by atoms with Crippen molar-refractivity contribution in [2.75, 3.05) is 6.54 Å². The maximum absolute atomic E-state index is 12.6. The van der Waals surface area contributed by atoms with Gasteiger partial charge in [0, 0.05) is 6.54 Å². The standard InChI is InChI=1S/C26H25NO3/c1-16-3-7-20-14-24-21(23(20)13-16)10-4-17(2)22(24)15-25(28)27-12-11-18-5-8-19(9-6-18)26(29)30/h3-10,13H,11-12,14-15H2,1-2H3,(H,27,28)(H,29,30). The van der Waals surface area contributed by atoms with Crippen LogP contribution < -0.4 is 5.32 Å². The molecule has 3 aromatic carbocycles. The van der Waals surface area contributed by atoms with Gasteiger partial charge in [0.25, 0.3) is 0 Å². The van der Waals surface area contributed by atoms with Gasteiger partial charge in [-0.25, -0.2) is 4.79 Å². The second-order valence-corrected chi connectivity index (χ2v) is 8.00. The molecule has 4 nitrogen and oxygen atoms in total. The lowest BCUT2D eigenvalue weighted by molar-refractivity contribution is -0.120. The van der Waals surface area contributed by atoms with Crippen LogP contribution in [0, 0.1) is 13.8 Å². The van der Waals surface area contributed by atoms with Crippen LogP contribution in [0.2, 0.25) is 0 Å². The molecule has 0 heterocycles. The minimum Gasteiger partial charge on any atom is -0.478 e. The highest BCUT2D eigenvalue weighted by atomic mass is 16.4. The van der Waals surface area contributed by atoms with Crippen LogP contribution in [-0.2, 0) is 24.1 Å². The van der Waals surface area contributed by atoms with Crippen LogP contribution in [-0.4, -0.2) is 23.5 Å². The van der Waals surface area contributed by atoms with Crippen molar-refractivity contribution in [1.29, 1.82) is 0 Å². The first-order valence-corrected chi connectivity index (χ1v) is 10.2. The lowest BCUT2D eigenvalue weighted by atomic mass is 9.94. The monoisotopic (exact) mass is 399 g/mol. The predicted molar refractivity (Wildman–Crippen MR) is 118 cm³/mol. The van der Waals surface area contributed by atoms with Crippen molar-refractivity contribution in [3.8, 4) is 11.1 Å². The van der Waals surface area contributed by atoms with E-state index in [9.17, 15) is 9.59 Å². The molecule has 0 atom stereocenters. The molecule has 1 amide bonds. The molecule has 0 unspecified atom stereocenters. The quantitative estimate of drug-likeness (QED) is 0.503. The van der Waals surface area contributed by atoms with Gasteiger partial charge in [0.15, 0.2) is 0 Å². The third-order valence-electron chi connectivity index (χ3n) is 5.86. The van der Waals surface area contributed by atoms with Gasteiger partial charge >= 0.3 is 5.97 Å². The molecule has 0 radical (unpaired) electrons. The molecule has 4 rings (SSSR count). The number of benzene rings is 3. The minimum atomic E-state index is -0.932. The van der Waals surface area contributed by atoms with E-state index in [-0.39, 0.29) is 11.5 Å². The second kappa shape index (κ2) is 8.15. The number of fused-ring (bicyclic) bond motifs is 3. The lowest BCUT2D eigenvalue weighted by Gasteiger charge is -2.13. The molecule has 0 saturated heterocycles. The van der Waals surface area contributed by atoms with Gasteiger partial charge in [-0.15, -0.1) is 0 Å². The van der Waals surface area contributed by atoms with E-state index in [0.29, 0.717) is 19.4 Å². The second-order valence-electron chi connectivity index (χ2n) is 8.00. The van der Waals surface area contributed by atoms with Crippen molar-refractivity contribution in [1.82, 2.24) is 5.32 Å². The third kappa shape index (κ3) is 3.99. The normalized spacial score (nSPS) is 11.7. The third-order valence-corrected chi connectivity index (χ3v) is 5.86. The molecule has 4 heteroatoms. The molecule has 0 bridgehead atoms. The highest BCUT2D eigenvalue weighted by Gasteiger charge is 2.23. The molecule has 1 aliphatic carbocycles. The predicted octanol–water partition coefficient (Wildman–Crippen LogP) is 4.47. The number of carboxylic acid groups (broad SMARTS) is 1. The number of aryl methyl sites for hydroxylation is 2. The zero-order chi connectivity index (χ0) is 21.3. The van der Waals surface area contributed by atoms with Gasteiger partial charge in [-0.05, 0) is 77.8 Å². The summed E-state index contributed by atoms with van der Waals surface area (Å²) in [5.74, 6) is -0.918. The summed E-state index contributed by atoms with van der Waals surface area (Å²) in [6.45, 7) is 4.70. The van der Waals surface area contributed by atoms with Crippen molar-refractivity contribution in [3.05, 3.63) is 93.5 Å². The number of carboxylic acids is 1. The zero-order valence-electron chi connectivity index (χ0n) is 17.3. The molecular formula is C26H25NO3. The fourth-order valence-corrected chi connectivity index (χ4v) is 4.18. The van der Waals surface area contributed by atoms with Crippen LogP contribution in [0.5, 0.6) is 0 Å². The topological polar surface area (TPSA) is 66.4 Å². The SMILES string of the molecule is Cc1ccc2c(c1)-c1ccc(C)c(CC(=O)NCCc3ccc(C(=O)O)cc3)c1C2. The van der Waals surface area contributed by atoms with Gasteiger partial charge in [-0.3, -0.25) is 4.79 Å². The van der Waals surface area contributed by atoms with Gasteiger partial charge in [0.2, 0.25) is 5.91 Å². The Kier molecular flexibility index (Phi) is 5.40. The van der Waals surface area contributed by atoms with E-state index >= 15 is 0 Å². The summed E-state index contributed by atoms with van der Waals surface area (Å²) in [5.41, 5.74) is 9.94. The Morgan fingerprint density at radius 2 is 1.73 bits per heavy atom. The summed E-state index contributed by atoms with van der Waals surface area (Å²) in [4.78, 5) is 23.6. The van der Waals surface area contributed by atoms with Gasteiger partial charge in [-0.1, -0.05) is 48.0 Å². The maximum Gasteiger partial charge on any atom is 0.335 e. The van der Waals surface area contributed by atoms with Crippen molar-refractivity contribution in [2.45, 2.75) is 33.1 Å². The number of rotatable bonds is 6. The number of aromatic carboxylic acids is 1. The lowest BCUT2D eigenvalue weighted by Crippen LogP contribution is -2.27. The van der Waals surface area contributed by atoms with E-state index in [1.807, 2.05) is 0 Å². The largest absolute Gasteiger partial charge is 0.478 e. The first kappa shape index (κ1) is 19.9. The molecule has 0 aromatic heterocycles. The van der Waals surface area contributed by atoms with Crippen LogP contribution in [0.1, 0.15) is 43.7 Å². The van der Waals surface area contributed by atoms with Gasteiger partial charge in [-0.2, -0.15) is 0 Å². The zero-order valence-corrected chi connectivity index (χ0v) is 17.3. The molecular weight excluding hydrogens is 374 g/mol. The molecule has 0 saturated carbocycles. The van der Waals surface area contributed by atoms with E-state index in [1.54, 1.807) is 24.3 Å². The number of nitrogens with one attached hydrogen (secondary N) is 1. The van der Waals surface area contributed by atoms with Crippen LogP contribution in [0.4, 0.5) is 0 Å². The van der Waals surface area contributed by atoms with Crippen LogP contribution in [0.25, 0.3) is 11.1 Å². The first-order valence-electron chi connectivity index (χ1n) is 10.2. The Morgan fingerprint density at radius 3 is 2.47 bits per heavy atom. The van der Waals surface area contributed by atoms with Crippen molar-refractivity contribution in [2.24, 2.45) is 0 Å². The van der Waals surface area contributed by atoms with Crippen LogP contribution in [0.3, 0.4) is 0 Å². The Bertz CT molecular complexity index is 1130. The van der Waals surface area contributed by atoms with Crippen LogP contribution in [0.15, 0.2) is 54.6 Å². The Labute approximate surface area is 176 Å². The summed E-state index contributed by atoms with van der Waals surface area (Å²) in [6.07, 6.45) is 1.92. The van der Waals surface area contributed by atoms with E-state index < -0.39 is 5.97 Å². The fourth-order valence-electron chi connectivity index (χ4n) is 4.18. The highest BCUT2D eigenvalue weighted by Crippen LogP contribution is 2.39. The minimum absolute atomic E-state index is 0.0146. The van der Waals surface area contributed by atoms with E-state index in [4.69, 9.17) is 5.11 Å². The first-order chi connectivity index (χ1) is 14.4. The van der Waals surface area contributed by atoms with Gasteiger partial charge in [0.1, 0.15) is 0 Å². The number of amides is 1. The van der Waals surface area contributed by atoms with E-state index in [2.05, 4.69) is 49.5 Å². The number of carbonyl (C=O) groups is 2. The van der Waals surface area contributed by atoms with Crippen molar-refractivity contribution < 1.29 is 14.7 Å². The summed E-state index contributed by atoms with van der Waals surface area (Å²) >= 11 is 0. The molecule has 3 aromatic rings. The van der Waals surface area contributed by atoms with Crippen molar-refractivity contribution >= 4 is 11.9 Å². The summed E-state index contributed by atoms with van der Waals surface area (Å²) < 4.78 is 0. The Hall–Kier alpha value is -3.40. The molecule has 30 heavy (non-hydrogen) atoms. The fraction of sp³-hybridized carbons (Fsp3) is 0.231. The highest BCUT2D eigenvalue weighted by molar-refractivity contribution is 5.87. The van der Waals surface area contributed by atoms with Crippen LogP contribution >= 0.6 is 0 Å². The smallest absolute Gasteiger partial charge is 0.335 e. The summed E-state index contributed by atoms with van der Waals surface area (Å²) in [6, 6.07) is 17.6. The number of hydrogen-bond acceptors (Lipinski definition) is 2. The molecule has 1 aliphatic rings. The molecule has 0 fully saturated rings. The number of carbonyl (C=O) groups excluding carboxylic acids is 1. The average molecular weight is 399 g/mol. The van der Waals surface area contributed by atoms with E-state index in [0.717, 1.165) is 23.1 Å². The molecule has 152 valence electrons. The van der Waals surface area contributed by atoms with Crippen molar-refractivity contribution in [3.63, 3.8) is 0 Å². The Balaban J connectivity index is 1.42. The molecule has 0 aliphatic heterocycles. The van der Waals surface area contributed by atoms with Gasteiger partial charge < -0.3 is 10.4 Å². The summed E-state index contributed by atoms with van der Waals surface area (Å²) in [5, 5.41) is 12.0. The Morgan fingerprint density at radius 1 is 0.967 bits per heavy atom. The van der Waals surface area contributed by atoms with Gasteiger partial charge in [0.05, 0.1) is 12.0 Å².